The Morgan fingerprint density at radius 1 is 1.21 bits per heavy atom. The average Bonchev–Trinajstić information content (AvgIpc) is 3.10. The maximum absolute atomic E-state index is 13.4. The van der Waals surface area contributed by atoms with E-state index in [0.29, 0.717) is 41.6 Å². The van der Waals surface area contributed by atoms with Crippen LogP contribution >= 0.6 is 0 Å². The van der Waals surface area contributed by atoms with Crippen LogP contribution in [-0.4, -0.2) is 9.97 Å². The van der Waals surface area contributed by atoms with E-state index in [4.69, 9.17) is 5.26 Å². The van der Waals surface area contributed by atoms with Crippen molar-refractivity contribution in [1.82, 2.24) is 9.97 Å². The summed E-state index contributed by atoms with van der Waals surface area (Å²) in [6.45, 7) is 11.0. The second kappa shape index (κ2) is 12.0. The van der Waals surface area contributed by atoms with E-state index in [2.05, 4.69) is 23.1 Å². The van der Waals surface area contributed by atoms with Crippen LogP contribution in [0.15, 0.2) is 79.0 Å². The van der Waals surface area contributed by atoms with E-state index >= 15 is 0 Å². The van der Waals surface area contributed by atoms with E-state index in [0.717, 1.165) is 0 Å². The molecule has 0 spiro atoms. The van der Waals surface area contributed by atoms with Gasteiger partial charge in [-0.2, -0.15) is 5.26 Å². The summed E-state index contributed by atoms with van der Waals surface area (Å²) in [6, 6.07) is 2.01. The van der Waals surface area contributed by atoms with Gasteiger partial charge in [-0.25, -0.2) is 13.8 Å². The largest absolute Gasteiger partial charge is 0.338 e. The van der Waals surface area contributed by atoms with Crippen LogP contribution in [0.3, 0.4) is 0 Å². The number of aromatic amines is 1. The number of H-pyrrole nitrogens is 1. The van der Waals surface area contributed by atoms with Crippen molar-refractivity contribution in [2.75, 3.05) is 0 Å². The Bertz CT molecular complexity index is 930. The van der Waals surface area contributed by atoms with Crippen LogP contribution in [0.5, 0.6) is 0 Å². The predicted octanol–water partition coefficient (Wildman–Crippen LogP) is 6.78. The van der Waals surface area contributed by atoms with E-state index in [-0.39, 0.29) is 17.0 Å². The van der Waals surface area contributed by atoms with Gasteiger partial charge in [-0.15, -0.1) is 0 Å². The molecule has 0 aliphatic heterocycles. The van der Waals surface area contributed by atoms with Gasteiger partial charge < -0.3 is 4.98 Å². The third kappa shape index (κ3) is 6.65. The number of hydrogen-bond donors (Lipinski definition) is 1. The van der Waals surface area contributed by atoms with Gasteiger partial charge in [0.05, 0.1) is 30.1 Å². The molecule has 0 bridgehead atoms. The number of halogens is 2. The highest BCUT2D eigenvalue weighted by Crippen LogP contribution is 2.21. The smallest absolute Gasteiger partial charge is 0.140 e. The molecule has 28 heavy (non-hydrogen) atoms. The molecule has 0 amide bonds. The van der Waals surface area contributed by atoms with Crippen LogP contribution in [0, 0.1) is 11.3 Å². The summed E-state index contributed by atoms with van der Waals surface area (Å²) >= 11 is 0. The van der Waals surface area contributed by atoms with Gasteiger partial charge in [-0.3, -0.25) is 0 Å². The second-order valence-corrected chi connectivity index (χ2v) is 5.72. The summed E-state index contributed by atoms with van der Waals surface area (Å²) in [4.78, 5) is 7.20. The van der Waals surface area contributed by atoms with Gasteiger partial charge in [0.2, 0.25) is 0 Å². The fourth-order valence-electron chi connectivity index (χ4n) is 2.13. The topological polar surface area (TPSA) is 52.5 Å². The first-order valence-corrected chi connectivity index (χ1v) is 8.57. The van der Waals surface area contributed by atoms with E-state index in [9.17, 15) is 8.78 Å². The first-order chi connectivity index (χ1) is 13.5. The lowest BCUT2D eigenvalue weighted by atomic mass is 10.1. The van der Waals surface area contributed by atoms with Gasteiger partial charge in [0, 0.05) is 16.7 Å². The SMILES string of the molecule is C=Cc1nc(C(/C=C\C(=C\F)C(=C)C=CC/C=C\C)=C\F)[nH]c1/C=C(\C)C#N. The molecule has 0 saturated heterocycles. The van der Waals surface area contributed by atoms with Crippen LogP contribution in [0.25, 0.3) is 17.7 Å². The number of nitrogens with zero attached hydrogens (tertiary/aromatic N) is 2. The number of nitriles is 1. The van der Waals surface area contributed by atoms with Crippen molar-refractivity contribution in [3.8, 4) is 6.07 Å². The maximum Gasteiger partial charge on any atom is 0.140 e. The van der Waals surface area contributed by atoms with Crippen molar-refractivity contribution in [2.24, 2.45) is 0 Å². The van der Waals surface area contributed by atoms with Crippen molar-refractivity contribution in [2.45, 2.75) is 20.3 Å². The Kier molecular flexibility index (Phi) is 9.63. The van der Waals surface area contributed by atoms with E-state index < -0.39 is 0 Å². The summed E-state index contributed by atoms with van der Waals surface area (Å²) in [5, 5.41) is 8.92. The molecule has 0 aliphatic carbocycles. The van der Waals surface area contributed by atoms with Crippen molar-refractivity contribution >= 4 is 17.7 Å². The zero-order chi connectivity index (χ0) is 20.9. The van der Waals surface area contributed by atoms with Crippen LogP contribution in [-0.2, 0) is 0 Å². The molecule has 0 radical (unpaired) electrons. The van der Waals surface area contributed by atoms with Crippen LogP contribution in [0.2, 0.25) is 0 Å². The fraction of sp³-hybridized carbons (Fsp3) is 0.130. The molecule has 0 aromatic carbocycles. The predicted molar refractivity (Wildman–Crippen MR) is 113 cm³/mol. The fourth-order valence-corrected chi connectivity index (χ4v) is 2.13. The molecule has 144 valence electrons. The van der Waals surface area contributed by atoms with Gasteiger partial charge in [0.1, 0.15) is 5.82 Å². The number of aromatic nitrogens is 2. The van der Waals surface area contributed by atoms with E-state index in [1.807, 2.05) is 31.2 Å². The first kappa shape index (κ1) is 22.5. The van der Waals surface area contributed by atoms with E-state index in [1.165, 1.54) is 18.2 Å². The highest BCUT2D eigenvalue weighted by atomic mass is 19.1. The molecule has 0 atom stereocenters. The molecule has 1 heterocycles. The minimum atomic E-state index is 0.113. The third-order valence-corrected chi connectivity index (χ3v) is 3.64. The van der Waals surface area contributed by atoms with Crippen molar-refractivity contribution < 1.29 is 8.78 Å². The van der Waals surface area contributed by atoms with Crippen molar-refractivity contribution in [3.63, 3.8) is 0 Å². The first-order valence-electron chi connectivity index (χ1n) is 8.57. The molecule has 1 rings (SSSR count). The Morgan fingerprint density at radius 3 is 2.54 bits per heavy atom. The minimum Gasteiger partial charge on any atom is -0.338 e. The zero-order valence-corrected chi connectivity index (χ0v) is 16.0. The summed E-state index contributed by atoms with van der Waals surface area (Å²) < 4.78 is 26.7. The number of rotatable bonds is 9. The highest BCUT2D eigenvalue weighted by molar-refractivity contribution is 5.73. The zero-order valence-electron chi connectivity index (χ0n) is 16.0. The molecular weight excluding hydrogens is 356 g/mol. The molecule has 0 aliphatic rings. The van der Waals surface area contributed by atoms with Gasteiger partial charge in [-0.05, 0) is 44.1 Å². The minimum absolute atomic E-state index is 0.113. The third-order valence-electron chi connectivity index (χ3n) is 3.64. The molecule has 0 fully saturated rings. The molecule has 5 heteroatoms. The molecule has 3 nitrogen and oxygen atoms in total. The maximum atomic E-state index is 13.4. The standard InChI is InChI=1S/C23H23F2N3/c1-5-7-8-9-10-18(4)19(14-24)11-12-20(15-25)23-27-21(6-2)22(28-23)13-17(3)16-26/h5-7,9-15H,2,4,8H2,1,3H3,(H,27,28)/b7-5-,10-9?,12-11-,17-13+,19-14-,20-15-. The molecule has 1 aromatic heterocycles. The molecule has 1 aromatic rings. The lowest BCUT2D eigenvalue weighted by molar-refractivity contribution is 0.715. The number of allylic oxidation sites excluding steroid dienone is 10. The Balaban J connectivity index is 3.09. The number of hydrogen-bond acceptors (Lipinski definition) is 2. The molecule has 0 saturated carbocycles. The van der Waals surface area contributed by atoms with Gasteiger partial charge in [-0.1, -0.05) is 43.5 Å². The second-order valence-electron chi connectivity index (χ2n) is 5.72. The highest BCUT2D eigenvalue weighted by Gasteiger charge is 2.09. The quantitative estimate of drug-likeness (QED) is 0.292. The summed E-state index contributed by atoms with van der Waals surface area (Å²) in [6.07, 6.45) is 14.8. The number of nitrogens with one attached hydrogen (secondary N) is 1. The Labute approximate surface area is 164 Å². The lowest BCUT2D eigenvalue weighted by Crippen LogP contribution is -1.86. The van der Waals surface area contributed by atoms with Gasteiger partial charge >= 0.3 is 0 Å². The average molecular weight is 379 g/mol. The van der Waals surface area contributed by atoms with Crippen molar-refractivity contribution in [1.29, 1.82) is 5.26 Å². The van der Waals surface area contributed by atoms with Crippen LogP contribution < -0.4 is 0 Å². The Hall–Kier alpha value is -3.52. The lowest BCUT2D eigenvalue weighted by Gasteiger charge is -2.00. The van der Waals surface area contributed by atoms with Gasteiger partial charge in [0.25, 0.3) is 0 Å². The van der Waals surface area contributed by atoms with Crippen molar-refractivity contribution in [3.05, 3.63) is 96.2 Å². The molecular formula is C23H23F2N3. The van der Waals surface area contributed by atoms with Crippen LogP contribution in [0.4, 0.5) is 8.78 Å². The summed E-state index contributed by atoms with van der Waals surface area (Å²) in [5.41, 5.74) is 2.27. The Morgan fingerprint density at radius 2 is 1.96 bits per heavy atom. The summed E-state index contributed by atoms with van der Waals surface area (Å²) in [5.74, 6) is 0.234. The summed E-state index contributed by atoms with van der Waals surface area (Å²) in [7, 11) is 0. The van der Waals surface area contributed by atoms with Crippen LogP contribution in [0.1, 0.15) is 37.5 Å². The monoisotopic (exact) mass is 379 g/mol. The van der Waals surface area contributed by atoms with Gasteiger partial charge in [0.15, 0.2) is 0 Å². The molecule has 1 N–H and O–H groups in total. The normalized spacial score (nSPS) is 13.6. The molecule has 0 unspecified atom stereocenters. The van der Waals surface area contributed by atoms with E-state index in [1.54, 1.807) is 19.1 Å². The number of imidazole rings is 1.